The number of ketones is 2. The van der Waals surface area contributed by atoms with E-state index in [1.54, 1.807) is 7.11 Å². The summed E-state index contributed by atoms with van der Waals surface area (Å²) >= 11 is 1.48. The number of aromatic nitrogens is 2. The van der Waals surface area contributed by atoms with Crippen LogP contribution in [-0.4, -0.2) is 70.1 Å². The number of ether oxygens (including phenoxy) is 3. The van der Waals surface area contributed by atoms with Gasteiger partial charge in [-0.1, -0.05) is 25.0 Å². The molecular formula is C42H52N4O8S. The van der Waals surface area contributed by atoms with Gasteiger partial charge in [0, 0.05) is 47.2 Å². The summed E-state index contributed by atoms with van der Waals surface area (Å²) in [5.41, 5.74) is 0.743. The Morgan fingerprint density at radius 1 is 0.964 bits per heavy atom. The Balaban J connectivity index is 1.20. The second-order valence-electron chi connectivity index (χ2n) is 16.0. The minimum absolute atomic E-state index is 0.154. The molecule has 4 aliphatic carbocycles. The van der Waals surface area contributed by atoms with Crippen molar-refractivity contribution in [2.75, 3.05) is 12.4 Å². The number of carboxylic acid groups (broad SMARTS) is 1. The predicted octanol–water partition coefficient (Wildman–Crippen LogP) is 8.14. The van der Waals surface area contributed by atoms with Crippen molar-refractivity contribution in [3.63, 3.8) is 0 Å². The number of alkyl carbamates (subject to hydrolysis) is 1. The number of thiazole rings is 1. The quantitative estimate of drug-likeness (QED) is 0.180. The number of amides is 1. The fourth-order valence-electron chi connectivity index (χ4n) is 8.65. The standard InChI is InChI=1S/C42H52N4O8S/c1-24(2)43-40-45-35(23-55-40)34-20-37(29-16-15-27(52-3)19-33(29)44-34)53-28-17-30-31(18-28)38(48)32(46-41(51)54-26-12-9-10-13-26)14-8-6-4-5-7-11-25-21-42(25,39(49)50)22-36(30)47/h7,11,15-16,19-20,23-26,28,30-32H,4-6,8-10,12-14,17-18,21-22H2,1-3H3,(H,43,45)(H,46,51)(H,49,50)/b11-7-/t25?,28-,30-,31?,32+,42-/m1/s1. The van der Waals surface area contributed by atoms with Crippen molar-refractivity contribution in [3.8, 4) is 22.9 Å². The van der Waals surface area contributed by atoms with Crippen molar-refractivity contribution in [2.24, 2.45) is 23.2 Å². The van der Waals surface area contributed by atoms with E-state index in [9.17, 15) is 24.3 Å². The number of Topliss-reactive ketones (excluding diaryl/α,β-unsaturated/α-hetero) is 2. The van der Waals surface area contributed by atoms with E-state index in [1.165, 1.54) is 11.3 Å². The number of methoxy groups -OCH3 is 1. The van der Waals surface area contributed by atoms with E-state index in [1.807, 2.05) is 55.6 Å². The molecule has 55 heavy (non-hydrogen) atoms. The molecule has 0 saturated heterocycles. The molecule has 0 aliphatic heterocycles. The lowest BCUT2D eigenvalue weighted by Crippen LogP contribution is -2.46. The molecule has 3 fully saturated rings. The van der Waals surface area contributed by atoms with Gasteiger partial charge in [0.25, 0.3) is 0 Å². The van der Waals surface area contributed by atoms with Crippen molar-refractivity contribution in [1.29, 1.82) is 0 Å². The number of benzene rings is 1. The Labute approximate surface area is 325 Å². The van der Waals surface area contributed by atoms with Crippen molar-refractivity contribution in [1.82, 2.24) is 15.3 Å². The second-order valence-corrected chi connectivity index (χ2v) is 16.9. The van der Waals surface area contributed by atoms with Gasteiger partial charge >= 0.3 is 12.1 Å². The summed E-state index contributed by atoms with van der Waals surface area (Å²) in [6, 6.07) is 6.76. The van der Waals surface area contributed by atoms with Crippen LogP contribution in [0.4, 0.5) is 9.93 Å². The van der Waals surface area contributed by atoms with Crippen LogP contribution in [0.1, 0.15) is 97.3 Å². The highest BCUT2D eigenvalue weighted by atomic mass is 32.1. The molecule has 6 atom stereocenters. The van der Waals surface area contributed by atoms with Crippen LogP contribution in [-0.2, 0) is 19.1 Å². The van der Waals surface area contributed by atoms with E-state index >= 15 is 0 Å². The first kappa shape index (κ1) is 38.7. The van der Waals surface area contributed by atoms with Crippen LogP contribution >= 0.6 is 11.3 Å². The molecule has 3 aromatic rings. The van der Waals surface area contributed by atoms with E-state index in [4.69, 9.17) is 24.2 Å². The van der Waals surface area contributed by atoms with Gasteiger partial charge in [0.2, 0.25) is 0 Å². The molecule has 0 spiro atoms. The number of anilines is 1. The number of hydrogen-bond donors (Lipinski definition) is 3. The number of nitrogens with one attached hydrogen (secondary N) is 2. The third kappa shape index (κ3) is 8.82. The maximum Gasteiger partial charge on any atom is 0.407 e. The van der Waals surface area contributed by atoms with Gasteiger partial charge in [0.1, 0.15) is 35.2 Å². The first-order valence-electron chi connectivity index (χ1n) is 19.8. The lowest BCUT2D eigenvalue weighted by Gasteiger charge is -2.25. The average molecular weight is 773 g/mol. The highest BCUT2D eigenvalue weighted by Crippen LogP contribution is 2.57. The van der Waals surface area contributed by atoms with Crippen molar-refractivity contribution < 1.29 is 38.5 Å². The normalized spacial score (nSPS) is 28.1. The fraction of sp³-hybridized carbons (Fsp3) is 0.571. The Bertz CT molecular complexity index is 1940. The zero-order valence-electron chi connectivity index (χ0n) is 31.9. The molecule has 13 heteroatoms. The summed E-state index contributed by atoms with van der Waals surface area (Å²) in [5, 5.41) is 20.0. The topological polar surface area (TPSA) is 166 Å². The van der Waals surface area contributed by atoms with Gasteiger partial charge in [-0.2, -0.15) is 0 Å². The molecule has 3 saturated carbocycles. The molecule has 2 aromatic heterocycles. The summed E-state index contributed by atoms with van der Waals surface area (Å²) in [4.78, 5) is 64.5. The van der Waals surface area contributed by atoms with E-state index in [0.717, 1.165) is 55.5 Å². The minimum Gasteiger partial charge on any atom is -0.497 e. The number of aliphatic carboxylic acids is 1. The van der Waals surface area contributed by atoms with Crippen LogP contribution in [0.3, 0.4) is 0 Å². The lowest BCUT2D eigenvalue weighted by atomic mass is 9.81. The molecule has 7 rings (SSSR count). The number of nitrogens with zero attached hydrogens (tertiary/aromatic N) is 2. The molecule has 1 amide bonds. The van der Waals surface area contributed by atoms with Crippen LogP contribution in [0.2, 0.25) is 0 Å². The zero-order valence-corrected chi connectivity index (χ0v) is 32.7. The van der Waals surface area contributed by atoms with Crippen LogP contribution < -0.4 is 20.1 Å². The molecule has 0 radical (unpaired) electrons. The van der Waals surface area contributed by atoms with Gasteiger partial charge in [-0.3, -0.25) is 14.4 Å². The second kappa shape index (κ2) is 16.7. The Hall–Kier alpha value is -4.52. The van der Waals surface area contributed by atoms with Crippen LogP contribution in [0, 0.1) is 23.2 Å². The number of carboxylic acids is 1. The lowest BCUT2D eigenvalue weighted by molar-refractivity contribution is -0.146. The maximum absolute atomic E-state index is 14.6. The molecule has 1 aromatic carbocycles. The molecule has 4 aliphatic rings. The van der Waals surface area contributed by atoms with Gasteiger partial charge < -0.3 is 30.0 Å². The average Bonchev–Trinajstić information content (AvgIpc) is 3.58. The zero-order chi connectivity index (χ0) is 38.7. The third-order valence-electron chi connectivity index (χ3n) is 11.7. The fourth-order valence-corrected chi connectivity index (χ4v) is 9.50. The van der Waals surface area contributed by atoms with E-state index in [2.05, 4.69) is 10.6 Å². The molecule has 2 heterocycles. The van der Waals surface area contributed by atoms with Crippen LogP contribution in [0.25, 0.3) is 22.3 Å². The van der Waals surface area contributed by atoms with Crippen LogP contribution in [0.5, 0.6) is 11.5 Å². The maximum atomic E-state index is 14.6. The number of fused-ring (bicyclic) bond motifs is 3. The van der Waals surface area contributed by atoms with Crippen molar-refractivity contribution in [2.45, 2.75) is 122 Å². The summed E-state index contributed by atoms with van der Waals surface area (Å²) in [7, 11) is 1.59. The number of carbonyl (C=O) groups excluding carboxylic acids is 3. The van der Waals surface area contributed by atoms with Gasteiger partial charge in [-0.15, -0.1) is 11.3 Å². The summed E-state index contributed by atoms with van der Waals surface area (Å²) < 4.78 is 18.0. The highest BCUT2D eigenvalue weighted by Gasteiger charge is 2.61. The summed E-state index contributed by atoms with van der Waals surface area (Å²) in [6.07, 6.45) is 10.6. The largest absolute Gasteiger partial charge is 0.497 e. The molecule has 294 valence electrons. The number of hydrogen-bond acceptors (Lipinski definition) is 11. The SMILES string of the molecule is COc1ccc2c(O[C@H]3CC4C(=O)[C@@H](NC(=O)OC5CCCC5)CCCCC/C=C\C5C[C@@]5(C(=O)O)CC(=O)[C@@H]4C3)cc(-c3csc(NC(C)C)n3)nc2c1. The van der Waals surface area contributed by atoms with Gasteiger partial charge in [-0.05, 0) is 96.1 Å². The van der Waals surface area contributed by atoms with E-state index in [0.29, 0.717) is 47.7 Å². The van der Waals surface area contributed by atoms with E-state index < -0.39 is 41.5 Å². The van der Waals surface area contributed by atoms with Gasteiger partial charge in [-0.25, -0.2) is 14.8 Å². The Morgan fingerprint density at radius 3 is 2.51 bits per heavy atom. The van der Waals surface area contributed by atoms with E-state index in [-0.39, 0.29) is 48.9 Å². The first-order chi connectivity index (χ1) is 26.5. The Morgan fingerprint density at radius 2 is 1.75 bits per heavy atom. The number of rotatable bonds is 9. The molecular weight excluding hydrogens is 721 g/mol. The summed E-state index contributed by atoms with van der Waals surface area (Å²) in [5.74, 6) is -2.05. The molecule has 2 unspecified atom stereocenters. The minimum atomic E-state index is -1.17. The van der Waals surface area contributed by atoms with Gasteiger partial charge in [0.05, 0.1) is 29.8 Å². The number of carbonyl (C=O) groups is 4. The van der Waals surface area contributed by atoms with Crippen molar-refractivity contribution in [3.05, 3.63) is 41.8 Å². The predicted molar refractivity (Wildman–Crippen MR) is 209 cm³/mol. The van der Waals surface area contributed by atoms with Crippen LogP contribution in [0.15, 0.2) is 41.8 Å². The highest BCUT2D eigenvalue weighted by molar-refractivity contribution is 7.14. The number of allylic oxidation sites excluding steroid dienone is 2. The van der Waals surface area contributed by atoms with Crippen molar-refractivity contribution >= 4 is 51.0 Å². The van der Waals surface area contributed by atoms with Gasteiger partial charge in [0.15, 0.2) is 10.9 Å². The molecule has 3 N–H and O–H groups in total. The number of pyridine rings is 1. The Kier molecular flexibility index (Phi) is 11.8. The third-order valence-corrected chi connectivity index (χ3v) is 12.5. The first-order valence-corrected chi connectivity index (χ1v) is 20.7. The molecule has 12 nitrogen and oxygen atoms in total. The summed E-state index contributed by atoms with van der Waals surface area (Å²) in [6.45, 7) is 4.09. The smallest absolute Gasteiger partial charge is 0.407 e. The monoisotopic (exact) mass is 772 g/mol. The molecule has 0 bridgehead atoms.